The number of rotatable bonds is 2. The Bertz CT molecular complexity index is 574. The molecule has 2 N–H and O–H groups in total. The largest absolute Gasteiger partial charge is 0.495 e. The minimum atomic E-state index is -0.421. The standard InChI is InChI=1S/C12H12N4O2/c1-16-10(11(14)15-12(16)17)7-3-4-9(18-2)8(5-7)6-13/h3-5,10H,1-2H3,(H2,14,15,17). The van der Waals surface area contributed by atoms with E-state index in [0.717, 1.165) is 5.56 Å². The molecule has 0 saturated carbocycles. The van der Waals surface area contributed by atoms with Crippen molar-refractivity contribution in [3.8, 4) is 11.8 Å². The summed E-state index contributed by atoms with van der Waals surface area (Å²) in [4.78, 5) is 16.5. The number of amidine groups is 1. The number of ether oxygens (including phenoxy) is 1. The first-order chi connectivity index (χ1) is 8.58. The molecule has 0 bridgehead atoms. The number of benzene rings is 1. The topological polar surface area (TPSA) is 91.7 Å². The zero-order valence-corrected chi connectivity index (χ0v) is 10.0. The average molecular weight is 244 g/mol. The molecule has 0 spiro atoms. The summed E-state index contributed by atoms with van der Waals surface area (Å²) in [5, 5.41) is 9.03. The molecule has 92 valence electrons. The van der Waals surface area contributed by atoms with Gasteiger partial charge in [0.05, 0.1) is 12.7 Å². The third-order valence-electron chi connectivity index (χ3n) is 2.85. The van der Waals surface area contributed by atoms with Gasteiger partial charge in [-0.2, -0.15) is 10.3 Å². The lowest BCUT2D eigenvalue weighted by Gasteiger charge is -2.20. The number of carbonyl (C=O) groups is 1. The lowest BCUT2D eigenvalue weighted by Crippen LogP contribution is -2.30. The second kappa shape index (κ2) is 4.37. The van der Waals surface area contributed by atoms with Gasteiger partial charge in [-0.05, 0) is 17.7 Å². The monoisotopic (exact) mass is 244 g/mol. The molecule has 0 aromatic heterocycles. The van der Waals surface area contributed by atoms with Crippen molar-refractivity contribution in [1.29, 1.82) is 5.26 Å². The number of amides is 2. The molecule has 0 fully saturated rings. The van der Waals surface area contributed by atoms with Crippen LogP contribution in [-0.2, 0) is 0 Å². The number of methoxy groups -OCH3 is 1. The van der Waals surface area contributed by atoms with Gasteiger partial charge in [0.25, 0.3) is 0 Å². The van der Waals surface area contributed by atoms with Crippen molar-refractivity contribution in [3.63, 3.8) is 0 Å². The highest BCUT2D eigenvalue weighted by molar-refractivity contribution is 6.03. The molecule has 2 amide bonds. The van der Waals surface area contributed by atoms with Gasteiger partial charge in [-0.3, -0.25) is 0 Å². The van der Waals surface area contributed by atoms with Crippen LogP contribution in [0.15, 0.2) is 23.2 Å². The van der Waals surface area contributed by atoms with Gasteiger partial charge < -0.3 is 15.4 Å². The van der Waals surface area contributed by atoms with E-state index in [1.54, 1.807) is 25.2 Å². The van der Waals surface area contributed by atoms with E-state index in [0.29, 0.717) is 11.3 Å². The number of carbonyl (C=O) groups excluding carboxylic acids is 1. The van der Waals surface area contributed by atoms with Crippen molar-refractivity contribution in [3.05, 3.63) is 29.3 Å². The summed E-state index contributed by atoms with van der Waals surface area (Å²) in [5.74, 6) is 0.722. The van der Waals surface area contributed by atoms with E-state index in [4.69, 9.17) is 15.7 Å². The fourth-order valence-electron chi connectivity index (χ4n) is 1.94. The fourth-order valence-corrected chi connectivity index (χ4v) is 1.94. The van der Waals surface area contributed by atoms with Gasteiger partial charge in [0.15, 0.2) is 0 Å². The molecule has 1 aliphatic heterocycles. The van der Waals surface area contributed by atoms with E-state index in [1.165, 1.54) is 12.0 Å². The van der Waals surface area contributed by atoms with Crippen LogP contribution in [0.3, 0.4) is 0 Å². The Hall–Kier alpha value is -2.55. The van der Waals surface area contributed by atoms with Gasteiger partial charge in [0, 0.05) is 7.05 Å². The Balaban J connectivity index is 2.45. The van der Waals surface area contributed by atoms with E-state index < -0.39 is 6.04 Å². The Morgan fingerprint density at radius 1 is 1.56 bits per heavy atom. The second-order valence-electron chi connectivity index (χ2n) is 3.90. The average Bonchev–Trinajstić information content (AvgIpc) is 2.62. The van der Waals surface area contributed by atoms with Gasteiger partial charge >= 0.3 is 6.03 Å². The quantitative estimate of drug-likeness (QED) is 0.841. The number of nitrogens with two attached hydrogens (primary N) is 1. The van der Waals surface area contributed by atoms with E-state index in [1.807, 2.05) is 6.07 Å². The molecule has 1 unspecified atom stereocenters. The van der Waals surface area contributed by atoms with Crippen molar-refractivity contribution >= 4 is 11.9 Å². The van der Waals surface area contributed by atoms with Crippen LogP contribution in [0.1, 0.15) is 17.2 Å². The van der Waals surface area contributed by atoms with E-state index >= 15 is 0 Å². The zero-order chi connectivity index (χ0) is 13.3. The first-order valence-corrected chi connectivity index (χ1v) is 5.27. The summed E-state index contributed by atoms with van der Waals surface area (Å²) in [6.07, 6.45) is 0. The van der Waals surface area contributed by atoms with Gasteiger partial charge in [-0.1, -0.05) is 6.07 Å². The maximum Gasteiger partial charge on any atom is 0.345 e. The molecule has 18 heavy (non-hydrogen) atoms. The van der Waals surface area contributed by atoms with Crippen LogP contribution < -0.4 is 10.5 Å². The van der Waals surface area contributed by atoms with Crippen molar-refractivity contribution in [2.75, 3.05) is 14.2 Å². The first-order valence-electron chi connectivity index (χ1n) is 5.27. The summed E-state index contributed by atoms with van der Waals surface area (Å²) >= 11 is 0. The molecule has 1 atom stereocenters. The number of nitriles is 1. The molecule has 0 aliphatic carbocycles. The Kier molecular flexibility index (Phi) is 2.90. The number of hydrogen-bond acceptors (Lipinski definition) is 4. The predicted octanol–water partition coefficient (Wildman–Crippen LogP) is 1.03. The molecule has 0 saturated heterocycles. The van der Waals surface area contributed by atoms with E-state index in [-0.39, 0.29) is 11.9 Å². The summed E-state index contributed by atoms with van der Waals surface area (Å²) < 4.78 is 5.06. The highest BCUT2D eigenvalue weighted by atomic mass is 16.5. The van der Waals surface area contributed by atoms with Gasteiger partial charge in [-0.25, -0.2) is 4.79 Å². The van der Waals surface area contributed by atoms with Gasteiger partial charge in [0.2, 0.25) is 0 Å². The summed E-state index contributed by atoms with van der Waals surface area (Å²) in [6, 6.07) is 6.34. The molecule has 1 aromatic rings. The lowest BCUT2D eigenvalue weighted by atomic mass is 10.0. The first kappa shape index (κ1) is 11.9. The summed E-state index contributed by atoms with van der Waals surface area (Å²) in [7, 11) is 3.11. The van der Waals surface area contributed by atoms with Crippen molar-refractivity contribution in [1.82, 2.24) is 4.90 Å². The number of nitrogens with zero attached hydrogens (tertiary/aromatic N) is 3. The van der Waals surface area contributed by atoms with Crippen LogP contribution in [-0.4, -0.2) is 30.9 Å². The van der Waals surface area contributed by atoms with Crippen molar-refractivity contribution < 1.29 is 9.53 Å². The molecule has 6 heteroatoms. The molecule has 6 nitrogen and oxygen atoms in total. The summed E-state index contributed by atoms with van der Waals surface area (Å²) in [6.45, 7) is 0. The van der Waals surface area contributed by atoms with Crippen LogP contribution in [0.2, 0.25) is 0 Å². The minimum absolute atomic E-state index is 0.233. The van der Waals surface area contributed by atoms with Gasteiger partial charge in [0.1, 0.15) is 23.7 Å². The number of urea groups is 1. The third kappa shape index (κ3) is 1.76. The molecular weight excluding hydrogens is 232 g/mol. The minimum Gasteiger partial charge on any atom is -0.495 e. The van der Waals surface area contributed by atoms with Crippen LogP contribution in [0.4, 0.5) is 4.79 Å². The van der Waals surface area contributed by atoms with Crippen molar-refractivity contribution in [2.45, 2.75) is 6.04 Å². The zero-order valence-electron chi connectivity index (χ0n) is 10.0. The van der Waals surface area contributed by atoms with E-state index in [9.17, 15) is 4.79 Å². The number of hydrogen-bond donors (Lipinski definition) is 1. The maximum atomic E-state index is 11.4. The molecular formula is C12H12N4O2. The molecule has 1 heterocycles. The predicted molar refractivity (Wildman–Crippen MR) is 65.2 cm³/mol. The lowest BCUT2D eigenvalue weighted by molar-refractivity contribution is 0.218. The molecule has 1 aromatic carbocycles. The van der Waals surface area contributed by atoms with Crippen molar-refractivity contribution in [2.24, 2.45) is 10.7 Å². The van der Waals surface area contributed by atoms with Gasteiger partial charge in [-0.15, -0.1) is 0 Å². The van der Waals surface area contributed by atoms with Crippen LogP contribution in [0, 0.1) is 11.3 Å². The Labute approximate surface area is 104 Å². The number of likely N-dealkylation sites (N-methyl/N-ethyl adjacent to an activating group) is 1. The second-order valence-corrected chi connectivity index (χ2v) is 3.90. The molecule has 0 radical (unpaired) electrons. The number of aliphatic imine (C=N–C) groups is 1. The molecule has 1 aliphatic rings. The fraction of sp³-hybridized carbons (Fsp3) is 0.250. The van der Waals surface area contributed by atoms with Crippen LogP contribution in [0.25, 0.3) is 0 Å². The maximum absolute atomic E-state index is 11.4. The normalized spacial score (nSPS) is 18.5. The SMILES string of the molecule is COc1ccc(C2C(N)=NC(=O)N2C)cc1C#N. The Morgan fingerprint density at radius 2 is 2.28 bits per heavy atom. The summed E-state index contributed by atoms with van der Waals surface area (Å²) in [5.41, 5.74) is 6.86. The highest BCUT2D eigenvalue weighted by Crippen LogP contribution is 2.28. The van der Waals surface area contributed by atoms with Crippen LogP contribution >= 0.6 is 0 Å². The highest BCUT2D eigenvalue weighted by Gasteiger charge is 2.31. The smallest absolute Gasteiger partial charge is 0.345 e. The Morgan fingerprint density at radius 3 is 2.78 bits per heavy atom. The third-order valence-corrected chi connectivity index (χ3v) is 2.85. The van der Waals surface area contributed by atoms with E-state index in [2.05, 4.69) is 4.99 Å². The molecule has 2 rings (SSSR count). The van der Waals surface area contributed by atoms with Crippen LogP contribution in [0.5, 0.6) is 5.75 Å².